The van der Waals surface area contributed by atoms with Crippen LogP contribution in [0.3, 0.4) is 0 Å². The number of hydrogen-bond acceptors (Lipinski definition) is 5. The summed E-state index contributed by atoms with van der Waals surface area (Å²) >= 11 is 7.22. The van der Waals surface area contributed by atoms with Crippen molar-refractivity contribution in [2.45, 2.75) is 19.8 Å². The lowest BCUT2D eigenvalue weighted by atomic mass is 9.82. The van der Waals surface area contributed by atoms with Crippen molar-refractivity contribution < 1.29 is 9.59 Å². The van der Waals surface area contributed by atoms with Crippen molar-refractivity contribution in [3.63, 3.8) is 0 Å². The molecule has 3 N–H and O–H groups in total. The topological polar surface area (TPSA) is 94.0 Å². The van der Waals surface area contributed by atoms with Gasteiger partial charge in [-0.15, -0.1) is 0 Å². The third kappa shape index (κ3) is 6.23. The summed E-state index contributed by atoms with van der Waals surface area (Å²) in [4.78, 5) is 26.2. The van der Waals surface area contributed by atoms with Gasteiger partial charge in [0.2, 0.25) is 5.91 Å². The molecule has 0 aliphatic carbocycles. The summed E-state index contributed by atoms with van der Waals surface area (Å²) in [5.41, 5.74) is 4.55. The average Bonchev–Trinajstić information content (AvgIpc) is 2.90. The van der Waals surface area contributed by atoms with E-state index in [9.17, 15) is 14.9 Å². The molecule has 0 aromatic heterocycles. The molecule has 4 rings (SSSR count). The first kappa shape index (κ1) is 26.1. The molecule has 3 aromatic rings. The van der Waals surface area contributed by atoms with Crippen LogP contribution in [-0.2, 0) is 9.59 Å². The van der Waals surface area contributed by atoms with Crippen molar-refractivity contribution in [3.8, 4) is 6.07 Å². The van der Waals surface area contributed by atoms with Crippen molar-refractivity contribution in [2.24, 2.45) is 0 Å². The molecule has 6 nitrogen and oxygen atoms in total. The van der Waals surface area contributed by atoms with Gasteiger partial charge in [-0.05, 0) is 55.3 Å². The predicted octanol–water partition coefficient (Wildman–Crippen LogP) is 6.36. The van der Waals surface area contributed by atoms with Gasteiger partial charge in [-0.1, -0.05) is 71.9 Å². The molecular formula is C29H25ClN4O2S. The number of para-hydroxylation sites is 1. The minimum absolute atomic E-state index is 0.100. The number of nitrogens with one attached hydrogen (secondary N) is 3. The minimum Gasteiger partial charge on any atom is -0.353 e. The summed E-state index contributed by atoms with van der Waals surface area (Å²) in [5.74, 6) is -1.00. The van der Waals surface area contributed by atoms with Crippen LogP contribution in [0.15, 0.2) is 101 Å². The van der Waals surface area contributed by atoms with Gasteiger partial charge in [-0.3, -0.25) is 9.59 Å². The van der Waals surface area contributed by atoms with Crippen molar-refractivity contribution in [3.05, 3.63) is 117 Å². The van der Waals surface area contributed by atoms with Crippen LogP contribution in [0.2, 0.25) is 5.02 Å². The average molecular weight is 529 g/mol. The number of anilines is 2. The van der Waals surface area contributed by atoms with Crippen molar-refractivity contribution >= 4 is 46.6 Å². The van der Waals surface area contributed by atoms with Gasteiger partial charge in [0.25, 0.3) is 5.91 Å². The Labute approximate surface area is 225 Å². The summed E-state index contributed by atoms with van der Waals surface area (Å²) < 4.78 is 0. The van der Waals surface area contributed by atoms with Crippen molar-refractivity contribution in [1.82, 2.24) is 5.32 Å². The highest BCUT2D eigenvalue weighted by Gasteiger charge is 2.34. The number of aryl methyl sites for hydroxylation is 1. The molecule has 1 aliphatic heterocycles. The second kappa shape index (κ2) is 11.8. The van der Waals surface area contributed by atoms with E-state index in [4.69, 9.17) is 11.6 Å². The maximum atomic E-state index is 13.5. The van der Waals surface area contributed by atoms with E-state index in [2.05, 4.69) is 22.0 Å². The zero-order valence-electron chi connectivity index (χ0n) is 20.3. The monoisotopic (exact) mass is 528 g/mol. The Bertz CT molecular complexity index is 1430. The Morgan fingerprint density at radius 3 is 2.32 bits per heavy atom. The van der Waals surface area contributed by atoms with Crippen molar-refractivity contribution in [1.29, 1.82) is 5.26 Å². The number of allylic oxidation sites excluding steroid dienone is 2. The molecule has 0 radical (unpaired) electrons. The largest absolute Gasteiger partial charge is 0.353 e. The fourth-order valence-corrected chi connectivity index (χ4v) is 5.09. The number of amides is 2. The molecule has 0 unspecified atom stereocenters. The Morgan fingerprint density at radius 1 is 0.973 bits per heavy atom. The van der Waals surface area contributed by atoms with Crippen LogP contribution in [0, 0.1) is 18.3 Å². The molecule has 1 aliphatic rings. The van der Waals surface area contributed by atoms with Gasteiger partial charge in [0.15, 0.2) is 0 Å². The number of nitrogens with zero attached hydrogens (tertiary/aromatic N) is 1. The number of halogens is 1. The van der Waals surface area contributed by atoms with Crippen LogP contribution < -0.4 is 16.0 Å². The highest BCUT2D eigenvalue weighted by Crippen LogP contribution is 2.41. The smallest absolute Gasteiger partial charge is 0.254 e. The van der Waals surface area contributed by atoms with Crippen molar-refractivity contribution in [2.75, 3.05) is 16.4 Å². The van der Waals surface area contributed by atoms with Gasteiger partial charge < -0.3 is 16.0 Å². The standard InChI is InChI=1S/C29H25ClN4O2S/c1-18-8-6-7-11-24(18)34-25(35)17-37-29-23(16-31)27(20-9-4-3-5-10-20)26(19(2)32-29)28(36)33-22-14-12-21(30)13-15-22/h3-15,27,32H,17H2,1-2H3,(H,33,36)(H,34,35)/t27-/m1/s1. The Hall–Kier alpha value is -3.99. The second-order valence-electron chi connectivity index (χ2n) is 8.47. The first-order chi connectivity index (χ1) is 17.9. The van der Waals surface area contributed by atoms with Gasteiger partial charge >= 0.3 is 0 Å². The van der Waals surface area contributed by atoms with Gasteiger partial charge in [0.1, 0.15) is 0 Å². The van der Waals surface area contributed by atoms with Gasteiger partial charge in [-0.25, -0.2) is 0 Å². The van der Waals surface area contributed by atoms with E-state index in [0.29, 0.717) is 32.6 Å². The number of carbonyl (C=O) groups is 2. The molecule has 3 aromatic carbocycles. The quantitative estimate of drug-likeness (QED) is 0.332. The van der Waals surface area contributed by atoms with E-state index < -0.39 is 5.92 Å². The van der Waals surface area contributed by atoms with E-state index >= 15 is 0 Å². The Kier molecular flexibility index (Phi) is 8.34. The maximum absolute atomic E-state index is 13.5. The number of hydrogen-bond donors (Lipinski definition) is 3. The molecule has 8 heteroatoms. The van der Waals surface area contributed by atoms with Gasteiger partial charge in [-0.2, -0.15) is 5.26 Å². The molecule has 0 saturated heterocycles. The maximum Gasteiger partial charge on any atom is 0.254 e. The summed E-state index contributed by atoms with van der Waals surface area (Å²) in [5, 5.41) is 20.4. The molecule has 0 bridgehead atoms. The van der Waals surface area contributed by atoms with Crippen LogP contribution in [-0.4, -0.2) is 17.6 Å². The number of rotatable bonds is 7. The SMILES string of the molecule is CC1=C(C(=O)Nc2ccc(Cl)cc2)[C@H](c2ccccc2)C(C#N)=C(SCC(=O)Nc2ccccc2C)N1. The predicted molar refractivity (Wildman–Crippen MR) is 150 cm³/mol. The van der Waals surface area contributed by atoms with Gasteiger partial charge in [0, 0.05) is 27.7 Å². The summed E-state index contributed by atoms with van der Waals surface area (Å²) in [6, 6.07) is 26.1. The molecule has 0 saturated carbocycles. The molecule has 0 fully saturated rings. The molecule has 37 heavy (non-hydrogen) atoms. The lowest BCUT2D eigenvalue weighted by molar-refractivity contribution is -0.114. The first-order valence-electron chi connectivity index (χ1n) is 11.6. The lowest BCUT2D eigenvalue weighted by Gasteiger charge is -2.30. The Morgan fingerprint density at radius 2 is 1.65 bits per heavy atom. The number of nitriles is 1. The van der Waals surface area contributed by atoms with Gasteiger partial charge in [0.05, 0.1) is 28.3 Å². The van der Waals surface area contributed by atoms with E-state index in [1.807, 2.05) is 61.5 Å². The third-order valence-electron chi connectivity index (χ3n) is 5.89. The summed E-state index contributed by atoms with van der Waals surface area (Å²) in [7, 11) is 0. The minimum atomic E-state index is -0.596. The highest BCUT2D eigenvalue weighted by molar-refractivity contribution is 8.03. The summed E-state index contributed by atoms with van der Waals surface area (Å²) in [6.45, 7) is 3.73. The number of benzene rings is 3. The van der Waals surface area contributed by atoms with Crippen LogP contribution in [0.4, 0.5) is 11.4 Å². The molecule has 1 heterocycles. The lowest BCUT2D eigenvalue weighted by Crippen LogP contribution is -2.31. The molecule has 186 valence electrons. The van der Waals surface area contributed by atoms with Crippen LogP contribution in [0.1, 0.15) is 24.0 Å². The zero-order chi connectivity index (χ0) is 26.4. The highest BCUT2D eigenvalue weighted by atomic mass is 35.5. The van der Waals surface area contributed by atoms with Crippen LogP contribution in [0.25, 0.3) is 0 Å². The Balaban J connectivity index is 1.61. The number of dihydropyridines is 1. The fourth-order valence-electron chi connectivity index (χ4n) is 4.08. The van der Waals surface area contributed by atoms with E-state index in [1.54, 1.807) is 31.2 Å². The molecular weight excluding hydrogens is 504 g/mol. The zero-order valence-corrected chi connectivity index (χ0v) is 21.9. The summed E-state index contributed by atoms with van der Waals surface area (Å²) in [6.07, 6.45) is 0. The first-order valence-corrected chi connectivity index (χ1v) is 13.0. The van der Waals surface area contributed by atoms with E-state index in [-0.39, 0.29) is 17.6 Å². The molecule has 0 spiro atoms. The van der Waals surface area contributed by atoms with E-state index in [1.165, 1.54) is 11.8 Å². The van der Waals surface area contributed by atoms with E-state index in [0.717, 1.165) is 16.8 Å². The second-order valence-corrected chi connectivity index (χ2v) is 9.90. The number of carbonyl (C=O) groups excluding carboxylic acids is 2. The van der Waals surface area contributed by atoms with Crippen LogP contribution >= 0.6 is 23.4 Å². The van der Waals surface area contributed by atoms with Crippen LogP contribution in [0.5, 0.6) is 0 Å². The normalized spacial score (nSPS) is 15.0. The fraction of sp³-hybridized carbons (Fsp3) is 0.138. The third-order valence-corrected chi connectivity index (χ3v) is 7.16. The molecule has 2 amide bonds. The number of thioether (sulfide) groups is 1. The molecule has 1 atom stereocenters.